The maximum absolute atomic E-state index is 5.73. The van der Waals surface area contributed by atoms with Gasteiger partial charge in [0.15, 0.2) is 0 Å². The monoisotopic (exact) mass is 304 g/mol. The molecule has 1 rings (SSSR count). The normalized spacial score (nSPS) is 13.3. The topological polar surface area (TPSA) is 38.0 Å². The lowest BCUT2D eigenvalue weighted by Gasteiger charge is -2.26. The van der Waals surface area contributed by atoms with E-state index in [0.717, 1.165) is 0 Å². The summed E-state index contributed by atoms with van der Waals surface area (Å²) in [6.45, 7) is 4.47. The number of hydrogen-bond acceptors (Lipinski definition) is 3. The Hall–Kier alpha value is 0.100. The molecule has 0 aliphatic heterocycles. The van der Waals surface area contributed by atoms with Crippen LogP contribution in [0.4, 0.5) is 0 Å². The molecule has 1 aromatic rings. The van der Waals surface area contributed by atoms with E-state index < -0.39 is 0 Å². The second kappa shape index (κ2) is 7.43. The van der Waals surface area contributed by atoms with Crippen LogP contribution in [0.1, 0.15) is 51.1 Å². The molecule has 0 saturated heterocycles. The molecule has 0 amide bonds. The van der Waals surface area contributed by atoms with Gasteiger partial charge >= 0.3 is 0 Å². The van der Waals surface area contributed by atoms with Crippen LogP contribution in [0.25, 0.3) is 0 Å². The molecule has 0 aliphatic rings. The minimum absolute atomic E-state index is 0.278. The lowest BCUT2D eigenvalue weighted by atomic mass is 9.87. The van der Waals surface area contributed by atoms with Gasteiger partial charge in [-0.2, -0.15) is 11.3 Å². The van der Waals surface area contributed by atoms with Crippen LogP contribution in [0.5, 0.6) is 0 Å². The molecular formula is C12H21BrN2S. The third kappa shape index (κ3) is 3.55. The van der Waals surface area contributed by atoms with Crippen molar-refractivity contribution < 1.29 is 0 Å². The number of halogens is 1. The molecule has 0 aromatic carbocycles. The van der Waals surface area contributed by atoms with Crippen molar-refractivity contribution in [2.75, 3.05) is 0 Å². The quantitative estimate of drug-likeness (QED) is 0.584. The molecule has 92 valence electrons. The molecule has 0 saturated carbocycles. The van der Waals surface area contributed by atoms with Crippen molar-refractivity contribution >= 4 is 27.3 Å². The molecule has 1 atom stereocenters. The molecule has 0 aliphatic carbocycles. The first-order valence-electron chi connectivity index (χ1n) is 5.92. The van der Waals surface area contributed by atoms with Crippen molar-refractivity contribution in [2.24, 2.45) is 11.8 Å². The van der Waals surface area contributed by atoms with Crippen LogP contribution in [0.3, 0.4) is 0 Å². The van der Waals surface area contributed by atoms with Gasteiger partial charge in [0.1, 0.15) is 0 Å². The number of hydrogen-bond donors (Lipinski definition) is 2. The molecule has 0 radical (unpaired) electrons. The van der Waals surface area contributed by atoms with Gasteiger partial charge in [-0.05, 0) is 45.6 Å². The molecule has 2 nitrogen and oxygen atoms in total. The average Bonchev–Trinajstić information content (AvgIpc) is 2.67. The Kier molecular flexibility index (Phi) is 6.58. The Balaban J connectivity index is 2.81. The van der Waals surface area contributed by atoms with E-state index in [2.05, 4.69) is 46.0 Å². The minimum Gasteiger partial charge on any atom is -0.271 e. The molecular weight excluding hydrogens is 284 g/mol. The number of hydrazine groups is 1. The van der Waals surface area contributed by atoms with Crippen molar-refractivity contribution in [1.82, 2.24) is 5.43 Å². The van der Waals surface area contributed by atoms with Gasteiger partial charge in [-0.3, -0.25) is 11.3 Å². The molecule has 3 N–H and O–H groups in total. The fourth-order valence-electron chi connectivity index (χ4n) is 2.21. The summed E-state index contributed by atoms with van der Waals surface area (Å²) in [4.78, 5) is 0. The Morgan fingerprint density at radius 2 is 1.94 bits per heavy atom. The maximum atomic E-state index is 5.73. The van der Waals surface area contributed by atoms with Gasteiger partial charge < -0.3 is 0 Å². The summed E-state index contributed by atoms with van der Waals surface area (Å²) in [6.07, 6.45) is 4.88. The molecule has 1 heterocycles. The molecule has 0 fully saturated rings. The zero-order valence-corrected chi connectivity index (χ0v) is 12.4. The summed E-state index contributed by atoms with van der Waals surface area (Å²) in [6, 6.07) is 0.278. The van der Waals surface area contributed by atoms with Crippen LogP contribution in [0, 0.1) is 5.92 Å². The molecule has 4 heteroatoms. The van der Waals surface area contributed by atoms with E-state index in [-0.39, 0.29) is 6.04 Å². The van der Waals surface area contributed by atoms with Crippen LogP contribution in [0.15, 0.2) is 15.2 Å². The van der Waals surface area contributed by atoms with Gasteiger partial charge in [-0.25, -0.2) is 0 Å². The van der Waals surface area contributed by atoms with Gasteiger partial charge in [0.25, 0.3) is 0 Å². The van der Waals surface area contributed by atoms with E-state index in [1.165, 1.54) is 35.7 Å². The number of nitrogens with one attached hydrogen (secondary N) is 1. The Morgan fingerprint density at radius 1 is 1.31 bits per heavy atom. The Bertz CT molecular complexity index is 295. The van der Waals surface area contributed by atoms with E-state index in [0.29, 0.717) is 5.92 Å². The van der Waals surface area contributed by atoms with Gasteiger partial charge in [0.2, 0.25) is 0 Å². The van der Waals surface area contributed by atoms with E-state index in [9.17, 15) is 0 Å². The van der Waals surface area contributed by atoms with Gasteiger partial charge in [-0.15, -0.1) is 0 Å². The zero-order chi connectivity index (χ0) is 12.0. The standard InChI is InChI=1S/C12H21BrN2S/c1-3-5-9(6-4-2)12(15-14)10-7-16-8-11(10)13/h7-9,12,15H,3-6,14H2,1-2H3. The van der Waals surface area contributed by atoms with Crippen molar-refractivity contribution in [2.45, 2.75) is 45.6 Å². The third-order valence-electron chi connectivity index (χ3n) is 2.95. The first kappa shape index (κ1) is 14.2. The van der Waals surface area contributed by atoms with E-state index >= 15 is 0 Å². The first-order valence-corrected chi connectivity index (χ1v) is 7.65. The summed E-state index contributed by atoms with van der Waals surface area (Å²) >= 11 is 5.31. The van der Waals surface area contributed by atoms with Gasteiger partial charge in [0.05, 0.1) is 6.04 Å². The van der Waals surface area contributed by atoms with Crippen molar-refractivity contribution in [3.05, 3.63) is 20.8 Å². The largest absolute Gasteiger partial charge is 0.271 e. The molecule has 1 unspecified atom stereocenters. The number of nitrogens with two attached hydrogens (primary N) is 1. The van der Waals surface area contributed by atoms with Crippen molar-refractivity contribution in [1.29, 1.82) is 0 Å². The Labute approximate surface area is 111 Å². The lowest BCUT2D eigenvalue weighted by molar-refractivity contribution is 0.319. The predicted octanol–water partition coefficient (Wildman–Crippen LogP) is 4.23. The summed E-state index contributed by atoms with van der Waals surface area (Å²) in [7, 11) is 0. The molecule has 0 bridgehead atoms. The Morgan fingerprint density at radius 3 is 2.31 bits per heavy atom. The van der Waals surface area contributed by atoms with E-state index in [1.54, 1.807) is 11.3 Å². The van der Waals surface area contributed by atoms with Crippen molar-refractivity contribution in [3.8, 4) is 0 Å². The third-order valence-corrected chi connectivity index (χ3v) is 4.70. The van der Waals surface area contributed by atoms with Crippen LogP contribution in [-0.2, 0) is 0 Å². The maximum Gasteiger partial charge on any atom is 0.0507 e. The summed E-state index contributed by atoms with van der Waals surface area (Å²) in [5.74, 6) is 6.36. The summed E-state index contributed by atoms with van der Waals surface area (Å²) < 4.78 is 1.18. The fraction of sp³-hybridized carbons (Fsp3) is 0.667. The highest BCUT2D eigenvalue weighted by molar-refractivity contribution is 9.10. The van der Waals surface area contributed by atoms with Crippen LogP contribution in [-0.4, -0.2) is 0 Å². The second-order valence-corrected chi connectivity index (χ2v) is 5.75. The highest BCUT2D eigenvalue weighted by Crippen LogP contribution is 2.35. The predicted molar refractivity (Wildman–Crippen MR) is 75.4 cm³/mol. The SMILES string of the molecule is CCCC(CCC)C(NN)c1cscc1Br. The number of rotatable bonds is 7. The zero-order valence-electron chi connectivity index (χ0n) is 10.0. The van der Waals surface area contributed by atoms with Crippen molar-refractivity contribution in [3.63, 3.8) is 0 Å². The lowest BCUT2D eigenvalue weighted by Crippen LogP contribution is -2.33. The van der Waals surface area contributed by atoms with Crippen LogP contribution < -0.4 is 11.3 Å². The van der Waals surface area contributed by atoms with Crippen LogP contribution >= 0.6 is 27.3 Å². The highest BCUT2D eigenvalue weighted by Gasteiger charge is 2.23. The average molecular weight is 305 g/mol. The van der Waals surface area contributed by atoms with Crippen LogP contribution in [0.2, 0.25) is 0 Å². The van der Waals surface area contributed by atoms with Gasteiger partial charge in [0, 0.05) is 9.85 Å². The molecule has 0 spiro atoms. The minimum atomic E-state index is 0.278. The van der Waals surface area contributed by atoms with E-state index in [4.69, 9.17) is 5.84 Å². The summed E-state index contributed by atoms with van der Waals surface area (Å²) in [5.41, 5.74) is 4.30. The molecule has 16 heavy (non-hydrogen) atoms. The molecule has 1 aromatic heterocycles. The first-order chi connectivity index (χ1) is 7.74. The highest BCUT2D eigenvalue weighted by atomic mass is 79.9. The fourth-order valence-corrected chi connectivity index (χ4v) is 3.79. The summed E-state index contributed by atoms with van der Waals surface area (Å²) in [5, 5.41) is 4.31. The smallest absolute Gasteiger partial charge is 0.0507 e. The second-order valence-electron chi connectivity index (χ2n) is 4.16. The number of thiophene rings is 1. The van der Waals surface area contributed by atoms with E-state index in [1.807, 2.05) is 0 Å². The van der Waals surface area contributed by atoms with Gasteiger partial charge in [-0.1, -0.05) is 26.7 Å².